The van der Waals surface area contributed by atoms with Gasteiger partial charge < -0.3 is 24.3 Å². The lowest BCUT2D eigenvalue weighted by molar-refractivity contribution is -0.122. The second-order valence-corrected chi connectivity index (χ2v) is 6.55. The number of carbonyl (C=O) groups excluding carboxylic acids is 1. The Morgan fingerprint density at radius 1 is 1.03 bits per heavy atom. The van der Waals surface area contributed by atoms with Gasteiger partial charge in [-0.15, -0.1) is 0 Å². The third-order valence-corrected chi connectivity index (χ3v) is 4.57. The van der Waals surface area contributed by atoms with Crippen molar-refractivity contribution >= 4 is 11.7 Å². The number of rotatable bonds is 8. The predicted molar refractivity (Wildman–Crippen MR) is 114 cm³/mol. The molecule has 30 heavy (non-hydrogen) atoms. The van der Waals surface area contributed by atoms with Crippen molar-refractivity contribution in [2.24, 2.45) is 0 Å². The number of nitrogens with one attached hydrogen (secondary N) is 2. The van der Waals surface area contributed by atoms with Crippen LogP contribution in [-0.4, -0.2) is 43.5 Å². The van der Waals surface area contributed by atoms with Crippen LogP contribution in [0.2, 0.25) is 0 Å². The van der Waals surface area contributed by atoms with Crippen molar-refractivity contribution in [3.05, 3.63) is 48.2 Å². The molecule has 0 aliphatic rings. The van der Waals surface area contributed by atoms with Crippen LogP contribution in [0.15, 0.2) is 42.5 Å². The number of anilines is 1. The van der Waals surface area contributed by atoms with Crippen LogP contribution in [0.3, 0.4) is 0 Å². The minimum absolute atomic E-state index is 0.320. The highest BCUT2D eigenvalue weighted by Crippen LogP contribution is 2.43. The molecule has 0 spiro atoms. The van der Waals surface area contributed by atoms with Gasteiger partial charge in [0.15, 0.2) is 23.4 Å². The topological polar surface area (TPSA) is 94.7 Å². The van der Waals surface area contributed by atoms with Gasteiger partial charge in [-0.25, -0.2) is 0 Å². The molecule has 158 valence electrons. The molecule has 0 aliphatic carbocycles. The number of hydrogen-bond acceptors (Lipinski definition) is 6. The summed E-state index contributed by atoms with van der Waals surface area (Å²) in [6, 6.07) is 12.8. The molecule has 0 radical (unpaired) electrons. The fourth-order valence-corrected chi connectivity index (χ4v) is 3.07. The highest BCUT2D eigenvalue weighted by atomic mass is 16.5. The zero-order chi connectivity index (χ0) is 21.7. The van der Waals surface area contributed by atoms with Crippen LogP contribution in [0.4, 0.5) is 5.82 Å². The molecule has 3 rings (SSSR count). The Bertz CT molecular complexity index is 992. The number of aryl methyl sites for hydroxylation is 1. The van der Waals surface area contributed by atoms with Gasteiger partial charge in [0.25, 0.3) is 5.91 Å². The molecule has 8 nitrogen and oxygen atoms in total. The molecule has 3 aromatic rings. The van der Waals surface area contributed by atoms with E-state index in [0.29, 0.717) is 28.8 Å². The van der Waals surface area contributed by atoms with Crippen LogP contribution < -0.4 is 24.3 Å². The Labute approximate surface area is 175 Å². The van der Waals surface area contributed by atoms with Gasteiger partial charge in [-0.1, -0.05) is 18.2 Å². The lowest BCUT2D eigenvalue weighted by Gasteiger charge is -2.16. The van der Waals surface area contributed by atoms with Crippen molar-refractivity contribution in [2.45, 2.75) is 20.0 Å². The Morgan fingerprint density at radius 2 is 1.67 bits per heavy atom. The molecule has 0 unspecified atom stereocenters. The molecule has 0 saturated heterocycles. The number of nitrogens with zero attached hydrogens (tertiary/aromatic N) is 1. The number of methoxy groups -OCH3 is 3. The summed E-state index contributed by atoms with van der Waals surface area (Å²) in [7, 11) is 4.64. The molecule has 1 amide bonds. The first-order valence-electron chi connectivity index (χ1n) is 9.36. The summed E-state index contributed by atoms with van der Waals surface area (Å²) in [4.78, 5) is 12.7. The number of amides is 1. The van der Waals surface area contributed by atoms with E-state index in [0.717, 1.165) is 16.8 Å². The van der Waals surface area contributed by atoms with Crippen LogP contribution in [0.1, 0.15) is 12.6 Å². The molecule has 1 aromatic heterocycles. The molecule has 2 aromatic carbocycles. The minimum atomic E-state index is -0.711. The maximum atomic E-state index is 12.7. The van der Waals surface area contributed by atoms with E-state index < -0.39 is 6.10 Å². The van der Waals surface area contributed by atoms with Gasteiger partial charge in [-0.05, 0) is 43.7 Å². The molecule has 1 atom stereocenters. The van der Waals surface area contributed by atoms with E-state index in [1.54, 1.807) is 52.5 Å². The predicted octanol–water partition coefficient (Wildman–Crippen LogP) is 3.82. The first kappa shape index (κ1) is 21.0. The zero-order valence-electron chi connectivity index (χ0n) is 17.6. The quantitative estimate of drug-likeness (QED) is 0.585. The summed E-state index contributed by atoms with van der Waals surface area (Å²) in [6.07, 6.45) is -0.711. The summed E-state index contributed by atoms with van der Waals surface area (Å²) in [5.74, 6) is 2.17. The van der Waals surface area contributed by atoms with E-state index in [4.69, 9.17) is 18.9 Å². The third kappa shape index (κ3) is 4.32. The molecule has 0 bridgehead atoms. The van der Waals surface area contributed by atoms with E-state index in [-0.39, 0.29) is 5.91 Å². The number of ether oxygens (including phenoxy) is 4. The van der Waals surface area contributed by atoms with Gasteiger partial charge in [0.2, 0.25) is 5.75 Å². The largest absolute Gasteiger partial charge is 0.493 e. The van der Waals surface area contributed by atoms with Gasteiger partial charge in [-0.3, -0.25) is 9.89 Å². The molecule has 0 aliphatic heterocycles. The van der Waals surface area contributed by atoms with Crippen LogP contribution >= 0.6 is 0 Å². The van der Waals surface area contributed by atoms with Gasteiger partial charge in [0, 0.05) is 11.3 Å². The number of aromatic amines is 1. The highest BCUT2D eigenvalue weighted by molar-refractivity contribution is 5.97. The van der Waals surface area contributed by atoms with E-state index in [1.807, 2.05) is 25.1 Å². The van der Waals surface area contributed by atoms with E-state index in [2.05, 4.69) is 15.5 Å². The van der Waals surface area contributed by atoms with Crippen molar-refractivity contribution in [3.8, 4) is 34.1 Å². The summed E-state index contributed by atoms with van der Waals surface area (Å²) in [5.41, 5.74) is 2.24. The second-order valence-electron chi connectivity index (χ2n) is 6.55. The minimum Gasteiger partial charge on any atom is -0.493 e. The Balaban J connectivity index is 1.89. The van der Waals surface area contributed by atoms with Gasteiger partial charge in [0.05, 0.1) is 21.3 Å². The molecule has 0 fully saturated rings. The number of hydrogen-bond donors (Lipinski definition) is 2. The maximum Gasteiger partial charge on any atom is 0.266 e. The first-order chi connectivity index (χ1) is 14.5. The number of H-pyrrole nitrogens is 1. The lowest BCUT2D eigenvalue weighted by Crippen LogP contribution is -2.30. The lowest BCUT2D eigenvalue weighted by atomic mass is 10.0. The zero-order valence-corrected chi connectivity index (χ0v) is 17.6. The smallest absolute Gasteiger partial charge is 0.266 e. The molecule has 0 saturated carbocycles. The SMILES string of the molecule is COc1cc(-c2c(NC(=O)[C@H](C)Oc3ccccc3)n[nH]c2C)cc(OC)c1OC. The fraction of sp³-hybridized carbons (Fsp3) is 0.273. The summed E-state index contributed by atoms with van der Waals surface area (Å²) < 4.78 is 22.0. The van der Waals surface area contributed by atoms with Gasteiger partial charge >= 0.3 is 0 Å². The maximum absolute atomic E-state index is 12.7. The Kier molecular flexibility index (Phi) is 6.46. The van der Waals surface area contributed by atoms with Crippen molar-refractivity contribution in [1.29, 1.82) is 0 Å². The standard InChI is InChI=1S/C22H25N3O5/c1-13-19(15-11-17(27-3)20(29-5)18(12-15)28-4)21(25-24-13)23-22(26)14(2)30-16-9-7-6-8-10-16/h6-12,14H,1-5H3,(H2,23,24,25,26)/t14-/m0/s1. The first-order valence-corrected chi connectivity index (χ1v) is 9.36. The van der Waals surface area contributed by atoms with Crippen LogP contribution in [-0.2, 0) is 4.79 Å². The molecule has 2 N–H and O–H groups in total. The third-order valence-electron chi connectivity index (χ3n) is 4.57. The van der Waals surface area contributed by atoms with Crippen molar-refractivity contribution in [3.63, 3.8) is 0 Å². The summed E-state index contributed by atoms with van der Waals surface area (Å²) in [6.45, 7) is 3.55. The van der Waals surface area contributed by atoms with E-state index >= 15 is 0 Å². The van der Waals surface area contributed by atoms with Crippen LogP contribution in [0.25, 0.3) is 11.1 Å². The monoisotopic (exact) mass is 411 g/mol. The summed E-state index contributed by atoms with van der Waals surface area (Å²) >= 11 is 0. The second kappa shape index (κ2) is 9.21. The molecule has 1 heterocycles. The summed E-state index contributed by atoms with van der Waals surface area (Å²) in [5, 5.41) is 10.00. The molecule has 8 heteroatoms. The molecular formula is C22H25N3O5. The molecular weight excluding hydrogens is 386 g/mol. The number of carbonyl (C=O) groups is 1. The Hall–Kier alpha value is -3.68. The number of para-hydroxylation sites is 1. The van der Waals surface area contributed by atoms with Crippen molar-refractivity contribution in [1.82, 2.24) is 10.2 Å². The Morgan fingerprint density at radius 3 is 2.23 bits per heavy atom. The highest BCUT2D eigenvalue weighted by Gasteiger charge is 2.22. The average Bonchev–Trinajstić information content (AvgIpc) is 3.13. The fourth-order valence-electron chi connectivity index (χ4n) is 3.07. The van der Waals surface area contributed by atoms with Gasteiger partial charge in [-0.2, -0.15) is 5.10 Å². The average molecular weight is 411 g/mol. The van der Waals surface area contributed by atoms with E-state index in [1.165, 1.54) is 0 Å². The van der Waals surface area contributed by atoms with Crippen molar-refractivity contribution < 1.29 is 23.7 Å². The number of benzene rings is 2. The number of aromatic nitrogens is 2. The van der Waals surface area contributed by atoms with Crippen LogP contribution in [0, 0.1) is 6.92 Å². The van der Waals surface area contributed by atoms with Crippen LogP contribution in [0.5, 0.6) is 23.0 Å². The van der Waals surface area contributed by atoms with Gasteiger partial charge in [0.1, 0.15) is 5.75 Å². The van der Waals surface area contributed by atoms with Crippen molar-refractivity contribution in [2.75, 3.05) is 26.6 Å². The normalized spacial score (nSPS) is 11.5. The van der Waals surface area contributed by atoms with E-state index in [9.17, 15) is 4.79 Å².